The summed E-state index contributed by atoms with van der Waals surface area (Å²) in [5, 5.41) is 20.4. The zero-order valence-corrected chi connectivity index (χ0v) is 27.1. The fourth-order valence-electron chi connectivity index (χ4n) is 3.30. The van der Waals surface area contributed by atoms with Crippen LogP contribution in [0.3, 0.4) is 0 Å². The van der Waals surface area contributed by atoms with Gasteiger partial charge in [0.1, 0.15) is 0 Å². The van der Waals surface area contributed by atoms with Crippen molar-refractivity contribution in [3.63, 3.8) is 0 Å². The van der Waals surface area contributed by atoms with Crippen molar-refractivity contribution in [3.05, 3.63) is 70.1 Å². The fraction of sp³-hybridized carbons (Fsp3) is 0.385. The van der Waals surface area contributed by atoms with Gasteiger partial charge in [-0.15, -0.1) is 0 Å². The Balaban J connectivity index is 0. The van der Waals surface area contributed by atoms with E-state index in [1.165, 1.54) is 0 Å². The number of ketones is 2. The Kier molecular flexibility index (Phi) is 25.1. The van der Waals surface area contributed by atoms with Gasteiger partial charge in [-0.25, -0.2) is 0 Å². The molecule has 38 heavy (non-hydrogen) atoms. The molecular formula is C26H36Br2Co2N4O4. The molecule has 1 heterocycles. The van der Waals surface area contributed by atoms with E-state index in [0.717, 1.165) is 49.3 Å². The number of Topliss-reactive ketones (excluding diaryl/α,β-unsaturated/α-hetero) is 2. The van der Waals surface area contributed by atoms with Crippen LogP contribution in [0, 0.1) is 0 Å². The number of rotatable bonds is 0. The third-order valence-electron chi connectivity index (χ3n) is 4.77. The fourth-order valence-corrected chi connectivity index (χ4v) is 3.30. The van der Waals surface area contributed by atoms with Crippen LogP contribution in [-0.2, 0) is 37.5 Å². The van der Waals surface area contributed by atoms with Crippen molar-refractivity contribution in [3.8, 4) is 0 Å². The molecule has 3 rings (SSSR count). The van der Waals surface area contributed by atoms with Crippen molar-refractivity contribution in [2.24, 2.45) is 9.98 Å². The van der Waals surface area contributed by atoms with E-state index < -0.39 is 0 Å². The number of hydrogen-bond donors (Lipinski definition) is 4. The Labute approximate surface area is 256 Å². The maximum absolute atomic E-state index is 12.6. The number of aliphatic hydroxyl groups excluding tert-OH is 2. The standard InChI is InChI=1S/C24H28N4O2.2CH4O.2BrH.2Co/c1-17-9-19-13-25-5-3-7-27-15-21-11-18(2)12-22(24(21)30)16-28-8-4-6-26-14-20(10-17)23(19)29;2*1-2;;;;/h9-16,25,27H,3-8H2,1-2H3;2*2H,1H3;2*1H;;/q;;;;;;+2/p-2. The molecule has 0 aromatic heterocycles. The van der Waals surface area contributed by atoms with Crippen LogP contribution in [0.5, 0.6) is 0 Å². The number of carbonyl (C=O) groups is 2. The molecule has 12 heteroatoms. The molecule has 4 N–H and O–H groups in total. The molecule has 0 saturated carbocycles. The number of nitrogens with zero attached hydrogens (tertiary/aromatic N) is 2. The summed E-state index contributed by atoms with van der Waals surface area (Å²) >= 11 is 7.12. The molecular weight excluding hydrogens is 710 g/mol. The van der Waals surface area contributed by atoms with Crippen LogP contribution >= 0.6 is 28.3 Å². The third-order valence-corrected chi connectivity index (χ3v) is 4.77. The molecule has 0 atom stereocenters. The molecule has 0 spiro atoms. The predicted octanol–water partition coefficient (Wildman–Crippen LogP) is 3.68. The molecule has 0 fully saturated rings. The third kappa shape index (κ3) is 15.3. The number of fused-ring (bicyclic) bond motifs is 4. The van der Waals surface area contributed by atoms with Crippen LogP contribution in [0.1, 0.15) is 26.7 Å². The molecule has 3 aliphatic rings. The van der Waals surface area contributed by atoms with E-state index in [1.54, 1.807) is 24.8 Å². The van der Waals surface area contributed by atoms with Gasteiger partial charge >= 0.3 is 39.5 Å². The van der Waals surface area contributed by atoms with Gasteiger partial charge in [-0.05, 0) is 62.1 Å². The maximum Gasteiger partial charge on any atom is 0 e. The first-order valence-corrected chi connectivity index (χ1v) is 16.6. The maximum atomic E-state index is 12.6. The summed E-state index contributed by atoms with van der Waals surface area (Å²) in [7, 11) is 2.00. The van der Waals surface area contributed by atoms with E-state index in [1.807, 2.05) is 38.2 Å². The average molecular weight is 746 g/mol. The quantitative estimate of drug-likeness (QED) is 0.300. The van der Waals surface area contributed by atoms with E-state index in [2.05, 4.69) is 49.0 Å². The van der Waals surface area contributed by atoms with Crippen LogP contribution < -0.4 is 10.6 Å². The number of nitrogens with one attached hydrogen (secondary N) is 2. The van der Waals surface area contributed by atoms with E-state index in [-0.39, 0.29) is 28.3 Å². The molecule has 4 bridgehead atoms. The minimum atomic E-state index is -0.0208. The molecule has 0 saturated heterocycles. The topological polar surface area (TPSA) is 123 Å². The second-order valence-corrected chi connectivity index (χ2v) is 12.8. The van der Waals surface area contributed by atoms with E-state index in [4.69, 9.17) is 10.2 Å². The van der Waals surface area contributed by atoms with Crippen LogP contribution in [0.4, 0.5) is 0 Å². The molecule has 0 aromatic carbocycles. The van der Waals surface area contributed by atoms with E-state index in [0.29, 0.717) is 48.5 Å². The van der Waals surface area contributed by atoms with Gasteiger partial charge in [0.2, 0.25) is 0 Å². The summed E-state index contributed by atoms with van der Waals surface area (Å²) in [6, 6.07) is 0. The summed E-state index contributed by atoms with van der Waals surface area (Å²) in [4.78, 5) is 34.0. The van der Waals surface area contributed by atoms with Gasteiger partial charge in [0.15, 0.2) is 11.6 Å². The Bertz CT molecular complexity index is 925. The number of carbonyl (C=O) groups excluding carboxylic acids is 2. The van der Waals surface area contributed by atoms with Crippen LogP contribution in [0.15, 0.2) is 80.1 Å². The largest absolute Gasteiger partial charge is 0 e. The Morgan fingerprint density at radius 3 is 1.45 bits per heavy atom. The molecule has 2 aliphatic carbocycles. The summed E-state index contributed by atoms with van der Waals surface area (Å²) in [5.74, 6) is -0.0415. The smallest absolute Gasteiger partial charge is 0 e. The summed E-state index contributed by atoms with van der Waals surface area (Å²) in [6.07, 6.45) is 15.9. The number of hydrogen-bond acceptors (Lipinski definition) is 8. The van der Waals surface area contributed by atoms with Crippen LogP contribution in [0.2, 0.25) is 0 Å². The normalized spacial score (nSPS) is 17.6. The molecule has 0 amide bonds. The van der Waals surface area contributed by atoms with Crippen molar-refractivity contribution in [2.75, 3.05) is 40.4 Å². The van der Waals surface area contributed by atoms with Gasteiger partial charge in [-0.1, -0.05) is 0 Å². The molecule has 1 aliphatic heterocycles. The van der Waals surface area contributed by atoms with Gasteiger partial charge in [-0.2, -0.15) is 0 Å². The van der Waals surface area contributed by atoms with Crippen LogP contribution in [0.25, 0.3) is 0 Å². The van der Waals surface area contributed by atoms with Gasteiger partial charge < -0.3 is 20.8 Å². The SMILES string of the molecule is CC1=CC2=CNCCCNC=C3C=C(C)C=C(C=NCCCN=CC(=C1)C2=O)C3=O.CO.CO.[Br][Co][Br].[Co]. The first-order valence-electron chi connectivity index (χ1n) is 11.5. The van der Waals surface area contributed by atoms with Crippen molar-refractivity contribution in [1.82, 2.24) is 10.6 Å². The molecule has 0 aromatic rings. The second kappa shape index (κ2) is 24.6. The summed E-state index contributed by atoms with van der Waals surface area (Å²) in [6.45, 7) is 6.52. The number of halogens is 2. The van der Waals surface area contributed by atoms with Gasteiger partial charge in [0.25, 0.3) is 0 Å². The zero-order chi connectivity index (χ0) is 28.1. The Morgan fingerprint density at radius 1 is 0.711 bits per heavy atom. The number of aliphatic hydroxyl groups is 2. The first-order chi connectivity index (χ1) is 18.0. The predicted molar refractivity (Wildman–Crippen MR) is 156 cm³/mol. The van der Waals surface area contributed by atoms with Crippen molar-refractivity contribution >= 4 is 52.3 Å². The van der Waals surface area contributed by atoms with Gasteiger partial charge in [0.05, 0.1) is 0 Å². The Hall–Kier alpha value is -1.39. The first kappa shape index (κ1) is 38.8. The monoisotopic (exact) mass is 744 g/mol. The zero-order valence-electron chi connectivity index (χ0n) is 21.9. The van der Waals surface area contributed by atoms with E-state index >= 15 is 0 Å². The molecule has 8 nitrogen and oxygen atoms in total. The van der Waals surface area contributed by atoms with Gasteiger partial charge in [-0.3, -0.25) is 19.6 Å². The average Bonchev–Trinajstić information content (AvgIpc) is 2.89. The minimum Gasteiger partial charge on any atom is 0 e. The van der Waals surface area contributed by atoms with Gasteiger partial charge in [0, 0.05) is 104 Å². The second-order valence-electron chi connectivity index (χ2n) is 7.57. The van der Waals surface area contributed by atoms with Crippen molar-refractivity contribution in [1.29, 1.82) is 0 Å². The number of allylic oxidation sites excluding steroid dienone is 10. The molecule has 0 unspecified atom stereocenters. The molecule has 1 radical (unpaired) electrons. The summed E-state index contributed by atoms with van der Waals surface area (Å²) < 4.78 is 0. The van der Waals surface area contributed by atoms with Crippen molar-refractivity contribution < 1.29 is 47.7 Å². The molecule has 216 valence electrons. The minimum absolute atomic E-state index is 0. The summed E-state index contributed by atoms with van der Waals surface area (Å²) in [5.41, 5.74) is 4.52. The number of aliphatic imine (C=N–C) groups is 2. The Morgan fingerprint density at radius 2 is 1.08 bits per heavy atom. The van der Waals surface area contributed by atoms with E-state index in [9.17, 15) is 9.59 Å². The van der Waals surface area contributed by atoms with Crippen molar-refractivity contribution in [2.45, 2.75) is 26.7 Å². The van der Waals surface area contributed by atoms with Crippen LogP contribution in [-0.4, -0.2) is 74.6 Å².